The van der Waals surface area contributed by atoms with Crippen molar-refractivity contribution in [1.29, 1.82) is 0 Å². The van der Waals surface area contributed by atoms with Crippen LogP contribution in [0.1, 0.15) is 13.8 Å². The van der Waals surface area contributed by atoms with Gasteiger partial charge < -0.3 is 14.6 Å². The maximum Gasteiger partial charge on any atom is 0.204 e. The third-order valence-electron chi connectivity index (χ3n) is 2.84. The lowest BCUT2D eigenvalue weighted by atomic mass is 9.81. The first kappa shape index (κ1) is 11.0. The van der Waals surface area contributed by atoms with E-state index in [4.69, 9.17) is 9.47 Å². The maximum atomic E-state index is 11.7. The van der Waals surface area contributed by atoms with E-state index in [1.165, 1.54) is 14.2 Å². The highest BCUT2D eigenvalue weighted by Gasteiger charge is 2.40. The molecule has 0 bridgehead atoms. The SMILES string of the molecule is COC1=C(OC)C(O)C(C)C(C)C1=O. The largest absolute Gasteiger partial charge is 0.494 e. The molecule has 0 amide bonds. The Hall–Kier alpha value is -1.03. The van der Waals surface area contributed by atoms with Gasteiger partial charge in [0.05, 0.1) is 14.2 Å². The molecule has 0 fully saturated rings. The number of hydrogen-bond acceptors (Lipinski definition) is 4. The van der Waals surface area contributed by atoms with Gasteiger partial charge in [0, 0.05) is 5.92 Å². The van der Waals surface area contributed by atoms with Crippen LogP contribution in [0.15, 0.2) is 11.5 Å². The van der Waals surface area contributed by atoms with Crippen LogP contribution in [0.2, 0.25) is 0 Å². The lowest BCUT2D eigenvalue weighted by Crippen LogP contribution is -2.38. The summed E-state index contributed by atoms with van der Waals surface area (Å²) >= 11 is 0. The summed E-state index contributed by atoms with van der Waals surface area (Å²) in [7, 11) is 2.83. The average molecular weight is 200 g/mol. The fourth-order valence-electron chi connectivity index (χ4n) is 1.63. The van der Waals surface area contributed by atoms with Crippen molar-refractivity contribution in [3.63, 3.8) is 0 Å². The maximum absolute atomic E-state index is 11.7. The Bertz CT molecular complexity index is 269. The summed E-state index contributed by atoms with van der Waals surface area (Å²) in [5.74, 6) is -0.106. The van der Waals surface area contributed by atoms with Crippen LogP contribution in [0.25, 0.3) is 0 Å². The molecule has 0 radical (unpaired) electrons. The molecule has 0 aromatic heterocycles. The van der Waals surface area contributed by atoms with Crippen LogP contribution in [0.3, 0.4) is 0 Å². The van der Waals surface area contributed by atoms with Crippen LogP contribution in [0.5, 0.6) is 0 Å². The highest BCUT2D eigenvalue weighted by Crippen LogP contribution is 2.32. The van der Waals surface area contributed by atoms with Crippen molar-refractivity contribution in [2.45, 2.75) is 20.0 Å². The van der Waals surface area contributed by atoms with Crippen molar-refractivity contribution in [2.75, 3.05) is 14.2 Å². The summed E-state index contributed by atoms with van der Waals surface area (Å²) in [6, 6.07) is 0. The van der Waals surface area contributed by atoms with E-state index in [-0.39, 0.29) is 29.1 Å². The number of aliphatic hydroxyl groups excluding tert-OH is 1. The van der Waals surface area contributed by atoms with Crippen LogP contribution >= 0.6 is 0 Å². The van der Waals surface area contributed by atoms with E-state index >= 15 is 0 Å². The molecule has 0 saturated heterocycles. The van der Waals surface area contributed by atoms with Gasteiger partial charge >= 0.3 is 0 Å². The minimum atomic E-state index is -0.761. The number of methoxy groups -OCH3 is 2. The third-order valence-corrected chi connectivity index (χ3v) is 2.84. The van der Waals surface area contributed by atoms with Gasteiger partial charge in [-0.3, -0.25) is 4.79 Å². The Morgan fingerprint density at radius 1 is 1.21 bits per heavy atom. The Morgan fingerprint density at radius 2 is 1.79 bits per heavy atom. The van der Waals surface area contributed by atoms with Crippen molar-refractivity contribution < 1.29 is 19.4 Å². The van der Waals surface area contributed by atoms with Gasteiger partial charge in [-0.1, -0.05) is 13.8 Å². The lowest BCUT2D eigenvalue weighted by molar-refractivity contribution is -0.127. The molecule has 0 spiro atoms. The van der Waals surface area contributed by atoms with E-state index in [0.29, 0.717) is 0 Å². The van der Waals surface area contributed by atoms with E-state index in [1.54, 1.807) is 6.92 Å². The molecule has 80 valence electrons. The average Bonchev–Trinajstić information content (AvgIpc) is 2.20. The Labute approximate surface area is 83.5 Å². The molecule has 3 unspecified atom stereocenters. The quantitative estimate of drug-likeness (QED) is 0.713. The van der Waals surface area contributed by atoms with Gasteiger partial charge in [0.1, 0.15) is 6.10 Å². The normalized spacial score (nSPS) is 33.2. The number of allylic oxidation sites excluding steroid dienone is 1. The lowest BCUT2D eigenvalue weighted by Gasteiger charge is -2.31. The van der Waals surface area contributed by atoms with Crippen molar-refractivity contribution in [3.05, 3.63) is 11.5 Å². The molecule has 0 aromatic rings. The van der Waals surface area contributed by atoms with Crippen LogP contribution in [0, 0.1) is 11.8 Å². The van der Waals surface area contributed by atoms with Crippen LogP contribution < -0.4 is 0 Å². The fourth-order valence-corrected chi connectivity index (χ4v) is 1.63. The Kier molecular flexibility index (Phi) is 3.16. The molecular weight excluding hydrogens is 184 g/mol. The molecule has 14 heavy (non-hydrogen) atoms. The Morgan fingerprint density at radius 3 is 2.21 bits per heavy atom. The summed E-state index contributed by atoms with van der Waals surface area (Å²) in [6.45, 7) is 3.60. The first-order chi connectivity index (χ1) is 6.54. The number of rotatable bonds is 2. The second kappa shape index (κ2) is 4.00. The van der Waals surface area contributed by atoms with Gasteiger partial charge in [0.25, 0.3) is 0 Å². The molecule has 1 aliphatic rings. The highest BCUT2D eigenvalue weighted by molar-refractivity contribution is 5.96. The predicted octanol–water partition coefficient (Wildman–Crippen LogP) is 0.707. The molecule has 1 aliphatic carbocycles. The minimum absolute atomic E-state index is 0.109. The topological polar surface area (TPSA) is 55.8 Å². The van der Waals surface area contributed by atoms with Crippen molar-refractivity contribution in [3.8, 4) is 0 Å². The first-order valence-corrected chi connectivity index (χ1v) is 4.59. The molecule has 1 rings (SSSR count). The third kappa shape index (κ3) is 1.50. The zero-order valence-corrected chi connectivity index (χ0v) is 8.90. The van der Waals surface area contributed by atoms with Crippen molar-refractivity contribution >= 4 is 5.78 Å². The number of ether oxygens (including phenoxy) is 2. The fraction of sp³-hybridized carbons (Fsp3) is 0.700. The number of Topliss-reactive ketones (excluding diaryl/α,β-unsaturated/α-hetero) is 1. The molecule has 0 aliphatic heterocycles. The molecule has 0 heterocycles. The smallest absolute Gasteiger partial charge is 0.204 e. The number of hydrogen-bond donors (Lipinski definition) is 1. The second-order valence-electron chi connectivity index (χ2n) is 3.56. The summed E-state index contributed by atoms with van der Waals surface area (Å²) < 4.78 is 9.92. The van der Waals surface area contributed by atoms with Gasteiger partial charge in [-0.05, 0) is 5.92 Å². The van der Waals surface area contributed by atoms with Gasteiger partial charge in [-0.25, -0.2) is 0 Å². The molecular formula is C10H16O4. The molecule has 0 aromatic carbocycles. The zero-order valence-electron chi connectivity index (χ0n) is 8.90. The van der Waals surface area contributed by atoms with Crippen molar-refractivity contribution in [1.82, 2.24) is 0 Å². The van der Waals surface area contributed by atoms with Gasteiger partial charge in [0.15, 0.2) is 5.76 Å². The van der Waals surface area contributed by atoms with Crippen LogP contribution in [-0.4, -0.2) is 31.2 Å². The Balaban J connectivity index is 3.15. The molecule has 3 atom stereocenters. The van der Waals surface area contributed by atoms with Gasteiger partial charge in [-0.15, -0.1) is 0 Å². The monoisotopic (exact) mass is 200 g/mol. The van der Waals surface area contributed by atoms with E-state index in [1.807, 2.05) is 6.92 Å². The van der Waals surface area contributed by atoms with E-state index < -0.39 is 6.10 Å². The molecule has 4 heteroatoms. The summed E-state index contributed by atoms with van der Waals surface area (Å²) in [5.41, 5.74) is 0. The predicted molar refractivity (Wildman–Crippen MR) is 50.4 cm³/mol. The van der Waals surface area contributed by atoms with Crippen LogP contribution in [0.4, 0.5) is 0 Å². The summed E-state index contributed by atoms with van der Waals surface area (Å²) in [5, 5.41) is 9.81. The first-order valence-electron chi connectivity index (χ1n) is 4.59. The standard InChI is InChI=1S/C10H16O4/c1-5-6(2)8(12)10(14-4)9(13-3)7(5)11/h5-7,11H,1-4H3. The van der Waals surface area contributed by atoms with Crippen molar-refractivity contribution in [2.24, 2.45) is 11.8 Å². The van der Waals surface area contributed by atoms with Gasteiger partial charge in [0.2, 0.25) is 11.5 Å². The summed E-state index contributed by atoms with van der Waals surface area (Å²) in [6.07, 6.45) is -0.761. The zero-order chi connectivity index (χ0) is 10.9. The summed E-state index contributed by atoms with van der Waals surface area (Å²) in [4.78, 5) is 11.7. The minimum Gasteiger partial charge on any atom is -0.494 e. The van der Waals surface area contributed by atoms with E-state index in [0.717, 1.165) is 0 Å². The molecule has 1 N–H and O–H groups in total. The number of carbonyl (C=O) groups is 1. The number of carbonyl (C=O) groups excluding carboxylic acids is 1. The van der Waals surface area contributed by atoms with Gasteiger partial charge in [-0.2, -0.15) is 0 Å². The van der Waals surface area contributed by atoms with E-state index in [2.05, 4.69) is 0 Å². The molecule has 0 saturated carbocycles. The van der Waals surface area contributed by atoms with Crippen LogP contribution in [-0.2, 0) is 14.3 Å². The van der Waals surface area contributed by atoms with E-state index in [9.17, 15) is 9.90 Å². The highest BCUT2D eigenvalue weighted by atomic mass is 16.5. The number of ketones is 1. The second-order valence-corrected chi connectivity index (χ2v) is 3.56. The molecule has 4 nitrogen and oxygen atoms in total. The number of aliphatic hydroxyl groups is 1.